The van der Waals surface area contributed by atoms with Crippen LogP contribution in [0.3, 0.4) is 0 Å². The number of rotatable bonds is 4. The molecule has 1 aliphatic carbocycles. The largest absolute Gasteiger partial charge is 0.466 e. The fourth-order valence-electron chi connectivity index (χ4n) is 5.23. The molecule has 0 bridgehead atoms. The highest BCUT2D eigenvalue weighted by atomic mass is 16.8. The van der Waals surface area contributed by atoms with Crippen LogP contribution in [0.15, 0.2) is 12.7 Å². The average molecular weight is 576 g/mol. The number of aromatic nitrogens is 4. The van der Waals surface area contributed by atoms with Crippen LogP contribution in [0.4, 0.5) is 15.4 Å². The van der Waals surface area contributed by atoms with Gasteiger partial charge in [-0.3, -0.25) is 9.36 Å². The van der Waals surface area contributed by atoms with E-state index in [9.17, 15) is 14.4 Å². The molecule has 41 heavy (non-hydrogen) atoms. The molecule has 2 saturated heterocycles. The van der Waals surface area contributed by atoms with Gasteiger partial charge < -0.3 is 28.4 Å². The van der Waals surface area contributed by atoms with E-state index in [0.29, 0.717) is 11.3 Å². The van der Waals surface area contributed by atoms with Crippen LogP contribution in [-0.4, -0.2) is 79.1 Å². The number of imidazole rings is 1. The minimum absolute atomic E-state index is 0.124. The lowest BCUT2D eigenvalue weighted by atomic mass is 10.1. The molecule has 2 aromatic heterocycles. The fourth-order valence-corrected chi connectivity index (χ4v) is 5.23. The van der Waals surface area contributed by atoms with Gasteiger partial charge in [-0.05, 0) is 68.7 Å². The van der Waals surface area contributed by atoms with E-state index in [2.05, 4.69) is 15.0 Å². The van der Waals surface area contributed by atoms with Crippen LogP contribution in [0.1, 0.15) is 75.0 Å². The zero-order chi connectivity index (χ0) is 30.1. The van der Waals surface area contributed by atoms with Gasteiger partial charge >= 0.3 is 18.2 Å². The van der Waals surface area contributed by atoms with Gasteiger partial charge in [0.2, 0.25) is 0 Å². The van der Waals surface area contributed by atoms with Crippen LogP contribution in [-0.2, 0) is 33.2 Å². The van der Waals surface area contributed by atoms with E-state index in [-0.39, 0.29) is 29.6 Å². The van der Waals surface area contributed by atoms with E-state index in [4.69, 9.17) is 28.4 Å². The Kier molecular flexibility index (Phi) is 6.82. The van der Waals surface area contributed by atoms with Crippen molar-refractivity contribution in [3.63, 3.8) is 0 Å². The van der Waals surface area contributed by atoms with Gasteiger partial charge in [-0.1, -0.05) is 0 Å². The molecule has 1 saturated carbocycles. The molecule has 3 aliphatic rings. The summed E-state index contributed by atoms with van der Waals surface area (Å²) in [5.41, 5.74) is -2.36. The molecule has 2 aliphatic heterocycles. The molecule has 2 amide bonds. The second kappa shape index (κ2) is 9.60. The first-order valence-electron chi connectivity index (χ1n) is 13.6. The Morgan fingerprint density at radius 1 is 1.00 bits per heavy atom. The van der Waals surface area contributed by atoms with Gasteiger partial charge in [-0.2, -0.15) is 4.90 Å². The van der Waals surface area contributed by atoms with Gasteiger partial charge in [-0.25, -0.2) is 24.5 Å². The Hall–Kier alpha value is -3.36. The molecule has 0 N–H and O–H groups in total. The van der Waals surface area contributed by atoms with E-state index >= 15 is 0 Å². The molecule has 1 spiro atoms. The number of amides is 2. The summed E-state index contributed by atoms with van der Waals surface area (Å²) in [5, 5.41) is 0. The number of hydrogen-bond donors (Lipinski definition) is 0. The number of fused-ring (bicyclic) bond motifs is 3. The highest BCUT2D eigenvalue weighted by molar-refractivity contribution is 6.12. The summed E-state index contributed by atoms with van der Waals surface area (Å²) < 4.78 is 36.8. The highest BCUT2D eigenvalue weighted by Crippen LogP contribution is 2.62. The number of hydrogen-bond acceptors (Lipinski definition) is 12. The highest BCUT2D eigenvalue weighted by Gasteiger charge is 2.76. The number of carbonyl (C=O) groups is 3. The van der Waals surface area contributed by atoms with Crippen LogP contribution in [0.2, 0.25) is 0 Å². The van der Waals surface area contributed by atoms with Gasteiger partial charge in [0.25, 0.3) is 0 Å². The Bertz CT molecular complexity index is 1350. The van der Waals surface area contributed by atoms with Crippen molar-refractivity contribution in [1.82, 2.24) is 19.5 Å². The van der Waals surface area contributed by atoms with E-state index in [1.165, 1.54) is 12.7 Å². The van der Waals surface area contributed by atoms with Crippen LogP contribution in [0.25, 0.3) is 11.2 Å². The van der Waals surface area contributed by atoms with Crippen molar-refractivity contribution in [2.75, 3.05) is 11.5 Å². The monoisotopic (exact) mass is 575 g/mol. The zero-order valence-corrected chi connectivity index (χ0v) is 24.8. The molecule has 2 aromatic rings. The molecule has 224 valence electrons. The molecule has 1 unspecified atom stereocenters. The fraction of sp³-hybridized carbons (Fsp3) is 0.704. The van der Waals surface area contributed by atoms with Gasteiger partial charge in [0, 0.05) is 0 Å². The average Bonchev–Trinajstić information content (AvgIpc) is 3.06. The third kappa shape index (κ3) is 5.35. The Balaban J connectivity index is 1.54. The second-order valence-corrected chi connectivity index (χ2v) is 12.8. The first kappa shape index (κ1) is 29.1. The summed E-state index contributed by atoms with van der Waals surface area (Å²) in [6.45, 7) is 15.7. The molecule has 5 rings (SSSR count). The molecule has 5 atom stereocenters. The van der Waals surface area contributed by atoms with E-state index in [1.54, 1.807) is 66.9 Å². The summed E-state index contributed by atoms with van der Waals surface area (Å²) in [6.07, 6.45) is -0.824. The Morgan fingerprint density at radius 3 is 2.22 bits per heavy atom. The summed E-state index contributed by atoms with van der Waals surface area (Å²) in [6, 6.07) is 0. The second-order valence-electron chi connectivity index (χ2n) is 12.8. The van der Waals surface area contributed by atoms with Crippen molar-refractivity contribution in [3.8, 4) is 0 Å². The summed E-state index contributed by atoms with van der Waals surface area (Å²) >= 11 is 0. The number of ether oxygens (including phenoxy) is 6. The van der Waals surface area contributed by atoms with Crippen molar-refractivity contribution in [1.29, 1.82) is 0 Å². The van der Waals surface area contributed by atoms with Gasteiger partial charge in [-0.15, -0.1) is 0 Å². The van der Waals surface area contributed by atoms with Gasteiger partial charge in [0.15, 0.2) is 29.0 Å². The minimum Gasteiger partial charge on any atom is -0.466 e. The summed E-state index contributed by atoms with van der Waals surface area (Å²) in [4.78, 5) is 52.9. The maximum Gasteiger partial charge on any atom is 0.425 e. The molecule has 0 aromatic carbocycles. The number of carbonyl (C=O) groups excluding carboxylic acids is 3. The van der Waals surface area contributed by atoms with E-state index < -0.39 is 59.1 Å². The SMILES string of the molecule is CCOC(=O)[C@@H]1C[C@]12O[C@@H](n1cnc3c(N(C(=O)OC(C)(C)C)C(=O)OC(C)(C)C)ncnc31)[C@H]1OC(C)(C)OC12. The lowest BCUT2D eigenvalue weighted by Gasteiger charge is -2.28. The van der Waals surface area contributed by atoms with Crippen LogP contribution in [0, 0.1) is 5.92 Å². The molecule has 14 nitrogen and oxygen atoms in total. The van der Waals surface area contributed by atoms with Crippen molar-refractivity contribution in [2.24, 2.45) is 5.92 Å². The van der Waals surface area contributed by atoms with Gasteiger partial charge in [0.05, 0.1) is 18.9 Å². The van der Waals surface area contributed by atoms with Crippen molar-refractivity contribution >= 4 is 35.1 Å². The van der Waals surface area contributed by atoms with Crippen molar-refractivity contribution < 1.29 is 42.8 Å². The molecule has 3 fully saturated rings. The third-order valence-corrected chi connectivity index (χ3v) is 6.73. The lowest BCUT2D eigenvalue weighted by Crippen LogP contribution is -2.44. The molecular weight excluding hydrogens is 538 g/mol. The van der Waals surface area contributed by atoms with E-state index in [0.717, 1.165) is 0 Å². The standard InChI is InChI=1S/C27H37N5O9/c1-10-36-21(33)14-11-27(14)17-16(37-26(8,9)38-17)20(39-27)31-13-30-15-18(31)28-12-29-19(15)32(22(34)40-24(2,3)4)23(35)41-25(5,6)7/h12-14,16-17,20H,10-11H2,1-9H3/t14-,16-,17?,20+,27-/m0/s1. The molecule has 0 radical (unpaired) electrons. The first-order chi connectivity index (χ1) is 19.0. The third-order valence-electron chi connectivity index (χ3n) is 6.73. The van der Waals surface area contributed by atoms with Crippen molar-refractivity contribution in [2.45, 2.75) is 110 Å². The maximum absolute atomic E-state index is 13.3. The Morgan fingerprint density at radius 2 is 1.63 bits per heavy atom. The number of imide groups is 1. The minimum atomic E-state index is -0.984. The van der Waals surface area contributed by atoms with Crippen molar-refractivity contribution in [3.05, 3.63) is 12.7 Å². The predicted octanol–water partition coefficient (Wildman–Crippen LogP) is 3.87. The van der Waals surface area contributed by atoms with Gasteiger partial charge in [0.1, 0.15) is 35.3 Å². The smallest absolute Gasteiger partial charge is 0.425 e. The number of nitrogens with zero attached hydrogens (tertiary/aromatic N) is 5. The topological polar surface area (TPSA) is 153 Å². The molecule has 14 heteroatoms. The summed E-state index contributed by atoms with van der Waals surface area (Å²) in [5.74, 6) is -1.91. The zero-order valence-electron chi connectivity index (χ0n) is 24.8. The molecule has 4 heterocycles. The summed E-state index contributed by atoms with van der Waals surface area (Å²) in [7, 11) is 0. The van der Waals surface area contributed by atoms with Crippen LogP contribution >= 0.6 is 0 Å². The predicted molar refractivity (Wildman–Crippen MR) is 142 cm³/mol. The quantitative estimate of drug-likeness (QED) is 0.384. The van der Waals surface area contributed by atoms with E-state index in [1.807, 2.05) is 0 Å². The Labute approximate surface area is 237 Å². The normalized spacial score (nSPS) is 28.4. The number of esters is 1. The first-order valence-corrected chi connectivity index (χ1v) is 13.6. The van der Waals surface area contributed by atoms with Crippen LogP contribution < -0.4 is 4.90 Å². The molecular formula is C27H37N5O9. The lowest BCUT2D eigenvalue weighted by molar-refractivity contribution is -0.205. The van der Waals surface area contributed by atoms with Crippen LogP contribution in [0.5, 0.6) is 0 Å². The maximum atomic E-state index is 13.3. The number of anilines is 1.